The van der Waals surface area contributed by atoms with Crippen molar-refractivity contribution in [3.8, 4) is 0 Å². The average Bonchev–Trinajstić information content (AvgIpc) is 2.07. The van der Waals surface area contributed by atoms with Crippen LogP contribution in [0, 0.1) is 5.92 Å². The molecule has 0 spiro atoms. The van der Waals surface area contributed by atoms with Crippen molar-refractivity contribution < 1.29 is 9.59 Å². The van der Waals surface area contributed by atoms with Crippen molar-refractivity contribution in [1.82, 2.24) is 5.32 Å². The lowest BCUT2D eigenvalue weighted by Gasteiger charge is -2.23. The Morgan fingerprint density at radius 3 is 2.18 bits per heavy atom. The van der Waals surface area contributed by atoms with Crippen LogP contribution in [0.3, 0.4) is 0 Å². The topological polar surface area (TPSA) is 46.2 Å². The number of carbonyl (C=O) groups excluding carboxylic acids is 2. The third-order valence-corrected chi connectivity index (χ3v) is 2.16. The molecule has 0 aliphatic heterocycles. The Labute approximate surface area is 66.2 Å². The van der Waals surface area contributed by atoms with E-state index in [1.165, 1.54) is 0 Å². The van der Waals surface area contributed by atoms with Gasteiger partial charge in [-0.1, -0.05) is 0 Å². The number of amides is 1. The lowest BCUT2D eigenvalue weighted by molar-refractivity contribution is 0.354. The molecule has 60 valence electrons. The predicted molar refractivity (Wildman–Crippen MR) is 40.3 cm³/mol. The molecule has 0 saturated heterocycles. The standard InChI is InChI=1S/C8H11NO2/c10-5-7-1-3-8(4-2-7)9-6-11/h7-8H,1-4H2,(H,9,11). The van der Waals surface area contributed by atoms with Gasteiger partial charge in [-0.25, -0.2) is 0 Å². The van der Waals surface area contributed by atoms with Gasteiger partial charge in [-0.2, -0.15) is 0 Å². The summed E-state index contributed by atoms with van der Waals surface area (Å²) in [6.07, 6.45) is 7.13. The summed E-state index contributed by atoms with van der Waals surface area (Å²) >= 11 is 0. The van der Waals surface area contributed by atoms with E-state index in [-0.39, 0.29) is 12.0 Å². The normalized spacial score (nSPS) is 30.9. The van der Waals surface area contributed by atoms with Crippen LogP contribution in [0.15, 0.2) is 0 Å². The molecule has 0 atom stereocenters. The Balaban J connectivity index is 2.23. The van der Waals surface area contributed by atoms with Gasteiger partial charge in [0.2, 0.25) is 6.29 Å². The van der Waals surface area contributed by atoms with Crippen LogP contribution >= 0.6 is 0 Å². The molecule has 1 amide bonds. The smallest absolute Gasteiger partial charge is 0.309 e. The summed E-state index contributed by atoms with van der Waals surface area (Å²) in [6.45, 7) is 0. The molecule has 3 heteroatoms. The lowest BCUT2D eigenvalue weighted by atomic mass is 9.87. The van der Waals surface area contributed by atoms with Crippen LogP contribution in [0.25, 0.3) is 0 Å². The molecule has 1 aliphatic rings. The Kier molecular flexibility index (Phi) is 3.08. The summed E-state index contributed by atoms with van der Waals surface area (Å²) in [5.41, 5.74) is 0. The molecule has 0 aromatic rings. The Morgan fingerprint density at radius 1 is 1.09 bits per heavy atom. The molecule has 0 heterocycles. The summed E-state index contributed by atoms with van der Waals surface area (Å²) in [5, 5.41) is 2.59. The van der Waals surface area contributed by atoms with E-state index in [9.17, 15) is 9.59 Å². The van der Waals surface area contributed by atoms with E-state index in [4.69, 9.17) is 0 Å². The van der Waals surface area contributed by atoms with Crippen molar-refractivity contribution in [2.75, 3.05) is 0 Å². The summed E-state index contributed by atoms with van der Waals surface area (Å²) in [5.74, 6) is 0.0969. The minimum Gasteiger partial charge on any atom is -0.345 e. The molecule has 1 saturated carbocycles. The van der Waals surface area contributed by atoms with Crippen molar-refractivity contribution in [2.24, 2.45) is 5.92 Å². The van der Waals surface area contributed by atoms with Gasteiger partial charge in [-0.05, 0) is 25.7 Å². The number of hydrogen-bond acceptors (Lipinski definition) is 2. The van der Waals surface area contributed by atoms with Crippen molar-refractivity contribution in [2.45, 2.75) is 31.7 Å². The molecular weight excluding hydrogens is 142 g/mol. The van der Waals surface area contributed by atoms with E-state index in [0.717, 1.165) is 25.7 Å². The fourth-order valence-electron chi connectivity index (χ4n) is 1.44. The second kappa shape index (κ2) is 4.11. The molecule has 1 N–H and O–H groups in total. The molecule has 1 aliphatic carbocycles. The fourth-order valence-corrected chi connectivity index (χ4v) is 1.44. The third-order valence-electron chi connectivity index (χ3n) is 2.16. The number of rotatable bonds is 3. The minimum absolute atomic E-state index is 0.0969. The van der Waals surface area contributed by atoms with E-state index in [2.05, 4.69) is 5.32 Å². The van der Waals surface area contributed by atoms with Gasteiger partial charge in [0.1, 0.15) is 0 Å². The largest absolute Gasteiger partial charge is 0.345 e. The van der Waals surface area contributed by atoms with E-state index in [1.807, 2.05) is 6.29 Å². The maximum absolute atomic E-state index is 10.2. The average molecular weight is 153 g/mol. The predicted octanol–water partition coefficient (Wildman–Crippen LogP) is 0.312. The Bertz CT molecular complexity index is 139. The van der Waals surface area contributed by atoms with Gasteiger partial charge < -0.3 is 5.32 Å². The summed E-state index contributed by atoms with van der Waals surface area (Å²) in [6, 6.07) is 0.233. The number of nitrogens with one attached hydrogen (secondary N) is 1. The van der Waals surface area contributed by atoms with Gasteiger partial charge in [-0.15, -0.1) is 0 Å². The van der Waals surface area contributed by atoms with Gasteiger partial charge in [0.05, 0.1) is 0 Å². The highest BCUT2D eigenvalue weighted by atomic mass is 16.1. The fraction of sp³-hybridized carbons (Fsp3) is 0.750. The summed E-state index contributed by atoms with van der Waals surface area (Å²) in [4.78, 5) is 20.1. The van der Waals surface area contributed by atoms with Crippen LogP contribution in [0.1, 0.15) is 25.7 Å². The first-order valence-corrected chi connectivity index (χ1v) is 3.87. The minimum atomic E-state index is 0.0969. The van der Waals surface area contributed by atoms with E-state index >= 15 is 0 Å². The summed E-state index contributed by atoms with van der Waals surface area (Å²) < 4.78 is 0. The molecular formula is C8H11NO2. The van der Waals surface area contributed by atoms with Crippen molar-refractivity contribution in [1.29, 1.82) is 0 Å². The molecule has 0 unspecified atom stereocenters. The van der Waals surface area contributed by atoms with Crippen LogP contribution < -0.4 is 5.32 Å². The monoisotopic (exact) mass is 153 g/mol. The second-order valence-electron chi connectivity index (χ2n) is 2.91. The maximum atomic E-state index is 10.2. The van der Waals surface area contributed by atoms with E-state index < -0.39 is 0 Å². The van der Waals surface area contributed by atoms with Crippen LogP contribution in [-0.2, 0) is 9.59 Å². The molecule has 1 fully saturated rings. The maximum Gasteiger partial charge on any atom is 0.309 e. The van der Waals surface area contributed by atoms with Crippen molar-refractivity contribution in [3.05, 3.63) is 0 Å². The highest BCUT2D eigenvalue weighted by molar-refractivity contribution is 5.54. The van der Waals surface area contributed by atoms with Crippen molar-refractivity contribution >= 4 is 12.7 Å². The van der Waals surface area contributed by atoms with Gasteiger partial charge in [-0.3, -0.25) is 9.59 Å². The zero-order valence-corrected chi connectivity index (χ0v) is 6.30. The van der Waals surface area contributed by atoms with Gasteiger partial charge in [0.25, 0.3) is 0 Å². The molecule has 1 rings (SSSR count). The van der Waals surface area contributed by atoms with Crippen LogP contribution in [0.5, 0.6) is 0 Å². The Morgan fingerprint density at radius 2 is 1.73 bits per heavy atom. The first kappa shape index (κ1) is 8.24. The van der Waals surface area contributed by atoms with E-state index in [0.29, 0.717) is 0 Å². The lowest BCUT2D eigenvalue weighted by Crippen LogP contribution is -2.32. The van der Waals surface area contributed by atoms with Gasteiger partial charge in [0.15, 0.2) is 0 Å². The molecule has 2 radical (unpaired) electrons. The van der Waals surface area contributed by atoms with Gasteiger partial charge >= 0.3 is 6.41 Å². The van der Waals surface area contributed by atoms with E-state index in [1.54, 1.807) is 6.41 Å². The highest BCUT2D eigenvalue weighted by Crippen LogP contribution is 2.21. The quantitative estimate of drug-likeness (QED) is 0.593. The SMILES string of the molecule is O=[C]NC1CCC([C]=O)CC1. The molecule has 0 aromatic carbocycles. The van der Waals surface area contributed by atoms with Crippen molar-refractivity contribution in [3.63, 3.8) is 0 Å². The number of hydrogen-bond donors (Lipinski definition) is 1. The van der Waals surface area contributed by atoms with Gasteiger partial charge in [0, 0.05) is 12.0 Å². The molecule has 0 bridgehead atoms. The Hall–Kier alpha value is -0.860. The molecule has 11 heavy (non-hydrogen) atoms. The van der Waals surface area contributed by atoms with Crippen LogP contribution in [-0.4, -0.2) is 18.7 Å². The van der Waals surface area contributed by atoms with Crippen LogP contribution in [0.2, 0.25) is 0 Å². The first-order chi connectivity index (χ1) is 5.36. The molecule has 3 nitrogen and oxygen atoms in total. The zero-order chi connectivity index (χ0) is 8.10. The second-order valence-corrected chi connectivity index (χ2v) is 2.91. The third kappa shape index (κ3) is 2.33. The first-order valence-electron chi connectivity index (χ1n) is 3.87. The van der Waals surface area contributed by atoms with Crippen LogP contribution in [0.4, 0.5) is 0 Å². The highest BCUT2D eigenvalue weighted by Gasteiger charge is 2.20. The molecule has 0 aromatic heterocycles. The summed E-state index contributed by atoms with van der Waals surface area (Å²) in [7, 11) is 0. The zero-order valence-electron chi connectivity index (χ0n) is 6.30.